The van der Waals surface area contributed by atoms with E-state index in [1.807, 2.05) is 0 Å². The number of aliphatic hydroxyl groups excluding tert-OH is 4. The smallest absolute Gasteiger partial charge is 0.348 e. The molecule has 0 saturated carbocycles. The quantitative estimate of drug-likeness (QED) is 0.271. The molecular formula is C15H18N2O10. The van der Waals surface area contributed by atoms with Gasteiger partial charge in [-0.1, -0.05) is 0 Å². The van der Waals surface area contributed by atoms with Gasteiger partial charge in [0.2, 0.25) is 6.17 Å². The van der Waals surface area contributed by atoms with Crippen LogP contribution in [0, 0.1) is 5.41 Å². The topological polar surface area (TPSA) is 193 Å². The highest BCUT2D eigenvalue weighted by molar-refractivity contribution is 6.18. The first-order valence-corrected chi connectivity index (χ1v) is 7.44. The number of carboxylic acid groups (broad SMARTS) is 1. The fraction of sp³-hybridized carbons (Fsp3) is 0.400. The lowest BCUT2D eigenvalue weighted by Crippen LogP contribution is -2.57. The molecule has 12 heteroatoms. The normalized spacial score (nSPS) is 16.5. The van der Waals surface area contributed by atoms with Gasteiger partial charge in [-0.2, -0.15) is 0 Å². The average molecular weight is 386 g/mol. The van der Waals surface area contributed by atoms with Gasteiger partial charge >= 0.3 is 5.97 Å². The van der Waals surface area contributed by atoms with Gasteiger partial charge in [0.15, 0.2) is 0 Å². The van der Waals surface area contributed by atoms with Crippen LogP contribution < -0.4 is 0 Å². The standard InChI is InChI=1S/C10H6N2O6.C5H12O4/c13-5-1-2-6(14)11(5)9(10(17)18)12-7(15)3-4-8(12)16;6-1-5(2-7,3-8)4-9/h1-4,9H,(H,17,18);6-9H,1-4H2. The molecule has 2 aliphatic heterocycles. The molecule has 0 aromatic heterocycles. The largest absolute Gasteiger partial charge is 0.478 e. The monoisotopic (exact) mass is 386 g/mol. The van der Waals surface area contributed by atoms with Gasteiger partial charge in [-0.15, -0.1) is 0 Å². The summed E-state index contributed by atoms with van der Waals surface area (Å²) < 4.78 is 0. The molecule has 4 amide bonds. The van der Waals surface area contributed by atoms with Crippen LogP contribution in [-0.2, 0) is 24.0 Å². The molecule has 2 heterocycles. The summed E-state index contributed by atoms with van der Waals surface area (Å²) in [6.45, 7) is -1.62. The Morgan fingerprint density at radius 1 is 0.741 bits per heavy atom. The summed E-state index contributed by atoms with van der Waals surface area (Å²) in [5.41, 5.74) is -1.11. The number of nitrogens with zero attached hydrogens (tertiary/aromatic N) is 2. The Morgan fingerprint density at radius 2 is 1.00 bits per heavy atom. The maximum Gasteiger partial charge on any atom is 0.348 e. The number of carbonyl (C=O) groups is 5. The summed E-state index contributed by atoms with van der Waals surface area (Å²) in [5.74, 6) is -5.20. The van der Waals surface area contributed by atoms with Crippen molar-refractivity contribution in [1.29, 1.82) is 0 Å². The minimum atomic E-state index is -1.96. The van der Waals surface area contributed by atoms with Gasteiger partial charge < -0.3 is 25.5 Å². The van der Waals surface area contributed by atoms with Crippen LogP contribution in [0.25, 0.3) is 0 Å². The lowest BCUT2D eigenvalue weighted by atomic mass is 9.93. The molecule has 0 unspecified atom stereocenters. The molecule has 12 nitrogen and oxygen atoms in total. The summed E-state index contributed by atoms with van der Waals surface area (Å²) in [5, 5.41) is 43.0. The lowest BCUT2D eigenvalue weighted by Gasteiger charge is -2.28. The second kappa shape index (κ2) is 9.14. The third-order valence-corrected chi connectivity index (χ3v) is 3.74. The van der Waals surface area contributed by atoms with Crippen molar-refractivity contribution in [2.45, 2.75) is 6.17 Å². The average Bonchev–Trinajstić information content (AvgIpc) is 3.15. The SMILES string of the molecule is O=C(O)C(N1C(=O)C=CC1=O)N1C(=O)C=CC1=O.OCC(CO)(CO)CO. The highest BCUT2D eigenvalue weighted by Crippen LogP contribution is 2.17. The van der Waals surface area contributed by atoms with Gasteiger partial charge in [0.1, 0.15) is 0 Å². The zero-order valence-electron chi connectivity index (χ0n) is 13.9. The van der Waals surface area contributed by atoms with E-state index in [0.717, 1.165) is 24.3 Å². The predicted octanol–water partition coefficient (Wildman–Crippen LogP) is -3.81. The van der Waals surface area contributed by atoms with E-state index in [-0.39, 0.29) is 0 Å². The molecule has 0 spiro atoms. The fourth-order valence-electron chi connectivity index (χ4n) is 1.94. The van der Waals surface area contributed by atoms with E-state index in [4.69, 9.17) is 25.5 Å². The first-order chi connectivity index (χ1) is 12.7. The zero-order chi connectivity index (χ0) is 20.8. The molecule has 5 N–H and O–H groups in total. The molecule has 0 bridgehead atoms. The Hall–Kier alpha value is -2.93. The Labute approximate surface area is 152 Å². The third kappa shape index (κ3) is 4.62. The highest BCUT2D eigenvalue weighted by Gasteiger charge is 2.45. The number of carbonyl (C=O) groups excluding carboxylic acids is 4. The van der Waals surface area contributed by atoms with E-state index < -0.39 is 67.6 Å². The minimum Gasteiger partial charge on any atom is -0.478 e. The van der Waals surface area contributed by atoms with E-state index in [1.54, 1.807) is 0 Å². The molecule has 0 radical (unpaired) electrons. The Balaban J connectivity index is 0.000000345. The van der Waals surface area contributed by atoms with Crippen molar-refractivity contribution in [3.05, 3.63) is 24.3 Å². The van der Waals surface area contributed by atoms with E-state index in [0.29, 0.717) is 9.80 Å². The number of imide groups is 2. The molecular weight excluding hydrogens is 368 g/mol. The summed E-state index contributed by atoms with van der Waals surface area (Å²) in [6, 6.07) is 0. The summed E-state index contributed by atoms with van der Waals surface area (Å²) in [7, 11) is 0. The van der Waals surface area contributed by atoms with Crippen LogP contribution in [0.1, 0.15) is 0 Å². The van der Waals surface area contributed by atoms with Crippen LogP contribution >= 0.6 is 0 Å². The van der Waals surface area contributed by atoms with Gasteiger partial charge in [0.05, 0.1) is 31.8 Å². The Bertz CT molecular complexity index is 599. The number of aliphatic hydroxyl groups is 4. The van der Waals surface area contributed by atoms with E-state index in [1.165, 1.54) is 0 Å². The molecule has 0 aromatic rings. The van der Waals surface area contributed by atoms with Gasteiger partial charge in [0, 0.05) is 24.3 Å². The number of rotatable bonds is 7. The van der Waals surface area contributed by atoms with Crippen LogP contribution in [0.3, 0.4) is 0 Å². The first-order valence-electron chi connectivity index (χ1n) is 7.44. The number of amides is 4. The maximum absolute atomic E-state index is 11.4. The fourth-order valence-corrected chi connectivity index (χ4v) is 1.94. The number of hydrogen-bond acceptors (Lipinski definition) is 9. The van der Waals surface area contributed by atoms with Crippen LogP contribution in [0.4, 0.5) is 0 Å². The molecule has 27 heavy (non-hydrogen) atoms. The van der Waals surface area contributed by atoms with E-state index >= 15 is 0 Å². The van der Waals surface area contributed by atoms with Crippen LogP contribution in [0.2, 0.25) is 0 Å². The first kappa shape index (κ1) is 22.1. The van der Waals surface area contributed by atoms with Crippen LogP contribution in [0.15, 0.2) is 24.3 Å². The zero-order valence-corrected chi connectivity index (χ0v) is 13.9. The van der Waals surface area contributed by atoms with Gasteiger partial charge in [0.25, 0.3) is 23.6 Å². The molecule has 0 atom stereocenters. The molecule has 0 aromatic carbocycles. The van der Waals surface area contributed by atoms with Crippen molar-refractivity contribution in [2.75, 3.05) is 26.4 Å². The highest BCUT2D eigenvalue weighted by atomic mass is 16.4. The predicted molar refractivity (Wildman–Crippen MR) is 84.2 cm³/mol. The summed E-state index contributed by atoms with van der Waals surface area (Å²) >= 11 is 0. The van der Waals surface area contributed by atoms with Gasteiger partial charge in [-0.3, -0.25) is 19.2 Å². The van der Waals surface area contributed by atoms with Gasteiger partial charge in [-0.25, -0.2) is 14.6 Å². The molecule has 148 valence electrons. The van der Waals surface area contributed by atoms with E-state index in [2.05, 4.69) is 0 Å². The van der Waals surface area contributed by atoms with Crippen molar-refractivity contribution in [1.82, 2.24) is 9.80 Å². The number of aliphatic carboxylic acids is 1. The van der Waals surface area contributed by atoms with E-state index in [9.17, 15) is 24.0 Å². The lowest BCUT2D eigenvalue weighted by molar-refractivity contribution is -0.167. The van der Waals surface area contributed by atoms with Crippen molar-refractivity contribution >= 4 is 29.6 Å². The molecule has 2 aliphatic rings. The van der Waals surface area contributed by atoms with Crippen LogP contribution in [-0.4, -0.2) is 97.5 Å². The van der Waals surface area contributed by atoms with Crippen molar-refractivity contribution < 1.29 is 49.5 Å². The molecule has 0 saturated heterocycles. The third-order valence-electron chi connectivity index (χ3n) is 3.74. The molecule has 0 aliphatic carbocycles. The maximum atomic E-state index is 11.4. The van der Waals surface area contributed by atoms with Crippen molar-refractivity contribution in [3.8, 4) is 0 Å². The Morgan fingerprint density at radius 3 is 1.15 bits per heavy atom. The number of carboxylic acids is 1. The number of hydrogen-bond donors (Lipinski definition) is 5. The van der Waals surface area contributed by atoms with Crippen molar-refractivity contribution in [2.24, 2.45) is 5.41 Å². The van der Waals surface area contributed by atoms with Crippen molar-refractivity contribution in [3.63, 3.8) is 0 Å². The van der Waals surface area contributed by atoms with Crippen LogP contribution in [0.5, 0.6) is 0 Å². The summed E-state index contributed by atoms with van der Waals surface area (Å²) in [4.78, 5) is 57.3. The molecule has 2 rings (SSSR count). The Kier molecular flexibility index (Phi) is 7.48. The summed E-state index contributed by atoms with van der Waals surface area (Å²) in [6.07, 6.45) is 1.52. The second-order valence-corrected chi connectivity index (χ2v) is 5.60. The minimum absolute atomic E-state index is 0.338. The van der Waals surface area contributed by atoms with Gasteiger partial charge in [-0.05, 0) is 0 Å². The second-order valence-electron chi connectivity index (χ2n) is 5.60. The molecule has 0 fully saturated rings.